The molecule has 3 rings (SSSR count). The van der Waals surface area contributed by atoms with Gasteiger partial charge in [0.15, 0.2) is 11.4 Å². The van der Waals surface area contributed by atoms with E-state index in [2.05, 4.69) is 11.6 Å². The molecule has 2 aliphatic carbocycles. The summed E-state index contributed by atoms with van der Waals surface area (Å²) in [6.07, 6.45) is 1.27. The van der Waals surface area contributed by atoms with Gasteiger partial charge >= 0.3 is 29.8 Å². The summed E-state index contributed by atoms with van der Waals surface area (Å²) in [6.45, 7) is 18.0. The van der Waals surface area contributed by atoms with Gasteiger partial charge in [-0.2, -0.15) is 0 Å². The molecule has 1 heterocycles. The highest BCUT2D eigenvalue weighted by molar-refractivity contribution is 5.93. The highest BCUT2D eigenvalue weighted by atomic mass is 16.6. The number of ketones is 1. The standard InChI is InChI=1S/C36H47NO11/c1-19(2)33(42)46-27-16-28(47-34(43)26-12-11-15-37-18-26)35(9,10)14-13-20(3)32(41)36(48-25(8)40)17-21(4)30(44-23(6)38)29(36)31(22(27)5)45-24(7)39/h11-15,18-21,27-31H,5,16-17H2,1-4,6-10H3/b14-13+/t20-,21+,27-,28-,29-,30+,31+,36-/m1/s1. The van der Waals surface area contributed by atoms with E-state index in [-0.39, 0.29) is 24.0 Å². The maximum Gasteiger partial charge on any atom is 0.340 e. The van der Waals surface area contributed by atoms with E-state index in [0.717, 1.165) is 13.8 Å². The topological polar surface area (TPSA) is 161 Å². The molecular weight excluding hydrogens is 622 g/mol. The van der Waals surface area contributed by atoms with E-state index in [1.54, 1.807) is 65.8 Å². The molecule has 8 atom stereocenters. The van der Waals surface area contributed by atoms with Crippen molar-refractivity contribution in [1.29, 1.82) is 0 Å². The predicted octanol–water partition coefficient (Wildman–Crippen LogP) is 4.74. The van der Waals surface area contributed by atoms with Crippen LogP contribution in [0.2, 0.25) is 0 Å². The van der Waals surface area contributed by atoms with Crippen LogP contribution in [0.3, 0.4) is 0 Å². The SMILES string of the molecule is C=C1[C@H](OC(=O)C(C)C)C[C@@H](OC(=O)c2cccnc2)C(C)(C)/C=C/[C@@H](C)C(=O)[C@@]2(OC(C)=O)C[C@H](C)[C@H](OC(C)=O)[C@@H]2[C@H]1OC(C)=O. The molecule has 12 nitrogen and oxygen atoms in total. The van der Waals surface area contributed by atoms with Crippen molar-refractivity contribution in [3.05, 3.63) is 54.4 Å². The fraction of sp³-hybridized carbons (Fsp3) is 0.583. The summed E-state index contributed by atoms with van der Waals surface area (Å²) in [7, 11) is 0. The maximum atomic E-state index is 14.6. The van der Waals surface area contributed by atoms with E-state index in [1.165, 1.54) is 19.3 Å². The molecule has 0 bridgehead atoms. The van der Waals surface area contributed by atoms with Gasteiger partial charge < -0.3 is 23.7 Å². The van der Waals surface area contributed by atoms with E-state index in [1.807, 2.05) is 0 Å². The van der Waals surface area contributed by atoms with Crippen molar-refractivity contribution < 1.29 is 52.5 Å². The Morgan fingerprint density at radius 2 is 1.60 bits per heavy atom. The molecule has 0 aliphatic heterocycles. The van der Waals surface area contributed by atoms with Crippen LogP contribution >= 0.6 is 0 Å². The molecule has 12 heteroatoms. The summed E-state index contributed by atoms with van der Waals surface area (Å²) in [5.41, 5.74) is -2.69. The number of allylic oxidation sites excluding steroid dienone is 1. The summed E-state index contributed by atoms with van der Waals surface area (Å²) >= 11 is 0. The number of nitrogens with zero attached hydrogens (tertiary/aromatic N) is 1. The van der Waals surface area contributed by atoms with Gasteiger partial charge in [-0.05, 0) is 18.1 Å². The van der Waals surface area contributed by atoms with E-state index in [4.69, 9.17) is 23.7 Å². The Kier molecular flexibility index (Phi) is 12.1. The lowest BCUT2D eigenvalue weighted by molar-refractivity contribution is -0.186. The Morgan fingerprint density at radius 1 is 0.958 bits per heavy atom. The molecule has 2 aliphatic rings. The fourth-order valence-electron chi connectivity index (χ4n) is 6.47. The highest BCUT2D eigenvalue weighted by Gasteiger charge is 2.65. The first-order chi connectivity index (χ1) is 22.3. The molecule has 0 aromatic carbocycles. The van der Waals surface area contributed by atoms with Crippen molar-refractivity contribution in [3.8, 4) is 0 Å². The van der Waals surface area contributed by atoms with Gasteiger partial charge in [0.1, 0.15) is 24.4 Å². The average Bonchev–Trinajstić information content (AvgIpc) is 3.26. The van der Waals surface area contributed by atoms with Gasteiger partial charge in [-0.3, -0.25) is 29.0 Å². The van der Waals surface area contributed by atoms with Crippen molar-refractivity contribution in [1.82, 2.24) is 4.98 Å². The van der Waals surface area contributed by atoms with Crippen molar-refractivity contribution in [2.24, 2.45) is 29.1 Å². The molecule has 0 radical (unpaired) electrons. The number of carbonyl (C=O) groups excluding carboxylic acids is 6. The van der Waals surface area contributed by atoms with Gasteiger partial charge in [-0.15, -0.1) is 0 Å². The number of esters is 5. The normalized spacial score (nSPS) is 30.9. The molecule has 0 N–H and O–H groups in total. The lowest BCUT2D eigenvalue weighted by Crippen LogP contribution is -2.57. The number of pyridine rings is 1. The van der Waals surface area contributed by atoms with Gasteiger partial charge in [0.05, 0.1) is 17.4 Å². The molecular formula is C36H47NO11. The third-order valence-electron chi connectivity index (χ3n) is 8.88. The van der Waals surface area contributed by atoms with Gasteiger partial charge in [0.2, 0.25) is 0 Å². The second-order valence-corrected chi connectivity index (χ2v) is 13.7. The Morgan fingerprint density at radius 3 is 2.15 bits per heavy atom. The second-order valence-electron chi connectivity index (χ2n) is 13.7. The van der Waals surface area contributed by atoms with Gasteiger partial charge in [0.25, 0.3) is 0 Å². The molecule has 1 aromatic rings. The molecule has 1 fully saturated rings. The Bertz CT molecular complexity index is 1450. The van der Waals surface area contributed by atoms with Crippen molar-refractivity contribution in [2.45, 2.75) is 105 Å². The van der Waals surface area contributed by atoms with Crippen LogP contribution in [0.1, 0.15) is 85.5 Å². The zero-order chi connectivity index (χ0) is 36.1. The van der Waals surface area contributed by atoms with Crippen LogP contribution in [0.4, 0.5) is 0 Å². The Labute approximate surface area is 281 Å². The average molecular weight is 670 g/mol. The van der Waals surface area contributed by atoms with E-state index in [0.29, 0.717) is 0 Å². The zero-order valence-corrected chi connectivity index (χ0v) is 29.1. The Hall–Kier alpha value is -4.35. The number of fused-ring (bicyclic) bond motifs is 1. The predicted molar refractivity (Wildman–Crippen MR) is 172 cm³/mol. The van der Waals surface area contributed by atoms with Crippen LogP contribution in [0, 0.1) is 29.1 Å². The lowest BCUT2D eigenvalue weighted by atomic mass is 9.72. The monoisotopic (exact) mass is 669 g/mol. The first-order valence-corrected chi connectivity index (χ1v) is 16.1. The van der Waals surface area contributed by atoms with E-state index < -0.39 is 94.7 Å². The van der Waals surface area contributed by atoms with E-state index in [9.17, 15) is 28.8 Å². The summed E-state index contributed by atoms with van der Waals surface area (Å²) < 4.78 is 29.6. The number of rotatable bonds is 7. The minimum atomic E-state index is -1.93. The van der Waals surface area contributed by atoms with Crippen LogP contribution in [0.25, 0.3) is 0 Å². The molecule has 0 spiro atoms. The van der Waals surface area contributed by atoms with Gasteiger partial charge in [0, 0.05) is 62.9 Å². The van der Waals surface area contributed by atoms with Crippen LogP contribution in [-0.2, 0) is 47.7 Å². The smallest absolute Gasteiger partial charge is 0.340 e. The third-order valence-corrected chi connectivity index (χ3v) is 8.88. The molecule has 262 valence electrons. The molecule has 1 aromatic heterocycles. The van der Waals surface area contributed by atoms with Crippen LogP contribution in [-0.4, -0.2) is 70.6 Å². The summed E-state index contributed by atoms with van der Waals surface area (Å²) in [5, 5.41) is 0. The van der Waals surface area contributed by atoms with Crippen LogP contribution < -0.4 is 0 Å². The number of aromatic nitrogens is 1. The quantitative estimate of drug-likeness (QED) is 0.223. The fourth-order valence-corrected chi connectivity index (χ4v) is 6.47. The summed E-state index contributed by atoms with van der Waals surface area (Å²) in [6, 6.07) is 3.14. The van der Waals surface area contributed by atoms with Gasteiger partial charge in [-0.25, -0.2) is 4.79 Å². The van der Waals surface area contributed by atoms with Crippen molar-refractivity contribution in [2.75, 3.05) is 0 Å². The Balaban J connectivity index is 2.34. The minimum Gasteiger partial charge on any atom is -0.462 e. The number of hydrogen-bond acceptors (Lipinski definition) is 12. The maximum absolute atomic E-state index is 14.6. The highest BCUT2D eigenvalue weighted by Crippen LogP contribution is 2.51. The number of carbonyl (C=O) groups is 6. The van der Waals surface area contributed by atoms with Crippen molar-refractivity contribution in [3.63, 3.8) is 0 Å². The zero-order valence-electron chi connectivity index (χ0n) is 29.1. The molecule has 0 amide bonds. The number of hydrogen-bond donors (Lipinski definition) is 0. The van der Waals surface area contributed by atoms with Crippen molar-refractivity contribution >= 4 is 35.6 Å². The largest absolute Gasteiger partial charge is 0.462 e. The van der Waals surface area contributed by atoms with Gasteiger partial charge in [-0.1, -0.05) is 60.3 Å². The molecule has 1 saturated carbocycles. The first-order valence-electron chi connectivity index (χ1n) is 16.1. The summed E-state index contributed by atoms with van der Waals surface area (Å²) in [5.74, 6) is -7.33. The van der Waals surface area contributed by atoms with Crippen LogP contribution in [0.15, 0.2) is 48.8 Å². The molecule has 0 saturated heterocycles. The molecule has 48 heavy (non-hydrogen) atoms. The van der Waals surface area contributed by atoms with E-state index >= 15 is 0 Å². The molecule has 0 unspecified atom stereocenters. The van der Waals surface area contributed by atoms with Crippen LogP contribution in [0.5, 0.6) is 0 Å². The minimum absolute atomic E-state index is 0.0233. The lowest BCUT2D eigenvalue weighted by Gasteiger charge is -2.42. The number of Topliss-reactive ketones (excluding diaryl/α,β-unsaturated/α-hetero) is 1. The third kappa shape index (κ3) is 8.56. The first kappa shape index (κ1) is 38.1. The number of ether oxygens (including phenoxy) is 5. The second kappa shape index (κ2) is 15.3. The summed E-state index contributed by atoms with van der Waals surface area (Å²) in [4.78, 5) is 83.0.